The molecule has 1 heterocycles. The Hall–Kier alpha value is -2.55. The van der Waals surface area contributed by atoms with Crippen LogP contribution in [0.15, 0.2) is 24.3 Å². The first-order chi connectivity index (χ1) is 10.1. The van der Waals surface area contributed by atoms with Gasteiger partial charge in [-0.05, 0) is 31.0 Å². The van der Waals surface area contributed by atoms with Gasteiger partial charge in [0.05, 0.1) is 12.7 Å². The summed E-state index contributed by atoms with van der Waals surface area (Å²) in [4.78, 5) is 25.4. The Kier molecular flexibility index (Phi) is 4.13. The van der Waals surface area contributed by atoms with Gasteiger partial charge in [0, 0.05) is 0 Å². The third-order valence-electron chi connectivity index (χ3n) is 3.59. The van der Waals surface area contributed by atoms with E-state index in [1.807, 2.05) is 19.9 Å². The highest BCUT2D eigenvalue weighted by atomic mass is 16.5. The molecule has 0 radical (unpaired) electrons. The van der Waals surface area contributed by atoms with Crippen molar-refractivity contribution in [1.82, 2.24) is 10.2 Å². The van der Waals surface area contributed by atoms with Crippen LogP contribution in [0.1, 0.15) is 25.8 Å². The number of imide groups is 1. The van der Waals surface area contributed by atoms with E-state index in [4.69, 9.17) is 10.00 Å². The molecule has 1 atom stereocenters. The van der Waals surface area contributed by atoms with E-state index in [9.17, 15) is 9.59 Å². The summed E-state index contributed by atoms with van der Waals surface area (Å²) >= 11 is 0. The lowest BCUT2D eigenvalue weighted by atomic mass is 9.87. The Balaban J connectivity index is 2.36. The van der Waals surface area contributed by atoms with Crippen LogP contribution in [-0.2, 0) is 10.3 Å². The second-order valence-electron chi connectivity index (χ2n) is 4.70. The molecule has 0 bridgehead atoms. The Bertz CT molecular complexity index is 591. The summed E-state index contributed by atoms with van der Waals surface area (Å²) in [5.41, 5.74) is -0.411. The highest BCUT2D eigenvalue weighted by Crippen LogP contribution is 2.33. The third kappa shape index (κ3) is 2.42. The van der Waals surface area contributed by atoms with Gasteiger partial charge >= 0.3 is 6.03 Å². The fourth-order valence-electron chi connectivity index (χ4n) is 2.48. The van der Waals surface area contributed by atoms with E-state index >= 15 is 0 Å². The van der Waals surface area contributed by atoms with E-state index < -0.39 is 11.6 Å². The molecule has 1 saturated heterocycles. The Morgan fingerprint density at radius 2 is 1.95 bits per heavy atom. The van der Waals surface area contributed by atoms with Crippen molar-refractivity contribution < 1.29 is 14.3 Å². The molecule has 1 fully saturated rings. The molecule has 6 nitrogen and oxygen atoms in total. The Labute approximate surface area is 123 Å². The second-order valence-corrected chi connectivity index (χ2v) is 4.70. The van der Waals surface area contributed by atoms with E-state index in [2.05, 4.69) is 5.32 Å². The minimum absolute atomic E-state index is 0.247. The minimum Gasteiger partial charge on any atom is -0.494 e. The summed E-state index contributed by atoms with van der Waals surface area (Å²) < 4.78 is 5.37. The summed E-state index contributed by atoms with van der Waals surface area (Å²) in [6.07, 6.45) is 0.410. The molecule has 1 aromatic rings. The minimum atomic E-state index is -1.10. The summed E-state index contributed by atoms with van der Waals surface area (Å²) in [7, 11) is 0. The summed E-state index contributed by atoms with van der Waals surface area (Å²) in [6.45, 7) is 4.03. The Morgan fingerprint density at radius 3 is 2.48 bits per heavy atom. The maximum atomic E-state index is 12.5. The molecular formula is C15H17N3O3. The van der Waals surface area contributed by atoms with Crippen molar-refractivity contribution >= 4 is 11.9 Å². The maximum Gasteiger partial charge on any atom is 0.326 e. The smallest absolute Gasteiger partial charge is 0.326 e. The van der Waals surface area contributed by atoms with Crippen LogP contribution >= 0.6 is 0 Å². The van der Waals surface area contributed by atoms with Crippen LogP contribution in [0.2, 0.25) is 0 Å². The number of nitrogens with one attached hydrogen (secondary N) is 1. The molecule has 6 heteroatoms. The lowest BCUT2D eigenvalue weighted by Gasteiger charge is -2.25. The lowest BCUT2D eigenvalue weighted by Crippen LogP contribution is -2.43. The van der Waals surface area contributed by atoms with E-state index in [0.29, 0.717) is 24.3 Å². The summed E-state index contributed by atoms with van der Waals surface area (Å²) in [6, 6.07) is 8.37. The predicted octanol–water partition coefficient (Wildman–Crippen LogP) is 1.77. The number of benzene rings is 1. The highest BCUT2D eigenvalue weighted by Gasteiger charge is 2.51. The van der Waals surface area contributed by atoms with E-state index in [1.165, 1.54) is 0 Å². The van der Waals surface area contributed by atoms with Crippen molar-refractivity contribution in [2.45, 2.75) is 25.8 Å². The average molecular weight is 287 g/mol. The number of hydrogen-bond donors (Lipinski definition) is 1. The molecule has 2 rings (SSSR count). The van der Waals surface area contributed by atoms with Gasteiger partial charge in [-0.3, -0.25) is 4.79 Å². The quantitative estimate of drug-likeness (QED) is 0.661. The molecule has 1 N–H and O–H groups in total. The summed E-state index contributed by atoms with van der Waals surface area (Å²) in [5, 5.41) is 11.4. The van der Waals surface area contributed by atoms with Gasteiger partial charge < -0.3 is 10.1 Å². The normalized spacial score (nSPS) is 21.1. The maximum absolute atomic E-state index is 12.5. The molecule has 21 heavy (non-hydrogen) atoms. The SMILES string of the molecule is CCOc1ccc(C2(CC)NC(=O)N(CC#N)C2=O)cc1. The predicted molar refractivity (Wildman–Crippen MR) is 75.4 cm³/mol. The first-order valence-corrected chi connectivity index (χ1v) is 6.83. The van der Waals surface area contributed by atoms with E-state index in [0.717, 1.165) is 4.90 Å². The van der Waals surface area contributed by atoms with Crippen LogP contribution < -0.4 is 10.1 Å². The first kappa shape index (κ1) is 14.9. The van der Waals surface area contributed by atoms with Crippen molar-refractivity contribution in [3.05, 3.63) is 29.8 Å². The molecule has 1 unspecified atom stereocenters. The number of urea groups is 1. The lowest BCUT2D eigenvalue weighted by molar-refractivity contribution is -0.131. The van der Waals surface area contributed by atoms with Crippen molar-refractivity contribution in [2.24, 2.45) is 0 Å². The molecule has 3 amide bonds. The first-order valence-electron chi connectivity index (χ1n) is 6.83. The average Bonchev–Trinajstić information content (AvgIpc) is 2.74. The van der Waals surface area contributed by atoms with Gasteiger partial charge in [-0.1, -0.05) is 19.1 Å². The molecule has 0 aliphatic carbocycles. The molecule has 0 aromatic heterocycles. The number of carbonyl (C=O) groups is 2. The van der Waals surface area contributed by atoms with Crippen LogP contribution in [-0.4, -0.2) is 30.0 Å². The van der Waals surface area contributed by atoms with Gasteiger partial charge in [0.25, 0.3) is 5.91 Å². The monoisotopic (exact) mass is 287 g/mol. The van der Waals surface area contributed by atoms with Crippen molar-refractivity contribution in [3.63, 3.8) is 0 Å². The zero-order valence-electron chi connectivity index (χ0n) is 12.0. The van der Waals surface area contributed by atoms with Crippen molar-refractivity contribution in [3.8, 4) is 11.8 Å². The third-order valence-corrected chi connectivity index (χ3v) is 3.59. The molecule has 1 aliphatic rings. The second kappa shape index (κ2) is 5.83. The van der Waals surface area contributed by atoms with Gasteiger partial charge in [0.1, 0.15) is 17.8 Å². The van der Waals surface area contributed by atoms with E-state index in [1.54, 1.807) is 24.3 Å². The number of hydrogen-bond acceptors (Lipinski definition) is 4. The van der Waals surface area contributed by atoms with E-state index in [-0.39, 0.29) is 12.5 Å². The number of rotatable bonds is 5. The largest absolute Gasteiger partial charge is 0.494 e. The molecule has 1 aliphatic heterocycles. The van der Waals surface area contributed by atoms with Crippen LogP contribution in [0, 0.1) is 11.3 Å². The topological polar surface area (TPSA) is 82.4 Å². The number of amides is 3. The molecule has 110 valence electrons. The van der Waals surface area contributed by atoms with Crippen LogP contribution in [0.25, 0.3) is 0 Å². The molecule has 1 aromatic carbocycles. The van der Waals surface area contributed by atoms with Crippen LogP contribution in [0.4, 0.5) is 4.79 Å². The summed E-state index contributed by atoms with van der Waals surface area (Å²) in [5.74, 6) is 0.318. The molecule has 0 spiro atoms. The van der Waals surface area contributed by atoms with Crippen LogP contribution in [0.3, 0.4) is 0 Å². The number of nitrogens with zero attached hydrogens (tertiary/aromatic N) is 2. The fraction of sp³-hybridized carbons (Fsp3) is 0.400. The highest BCUT2D eigenvalue weighted by molar-refractivity contribution is 6.07. The number of ether oxygens (including phenoxy) is 1. The van der Waals surface area contributed by atoms with Gasteiger partial charge in [0.2, 0.25) is 0 Å². The molecule has 0 saturated carbocycles. The number of carbonyl (C=O) groups excluding carboxylic acids is 2. The zero-order valence-corrected chi connectivity index (χ0v) is 12.0. The fourth-order valence-corrected chi connectivity index (χ4v) is 2.48. The Morgan fingerprint density at radius 1 is 1.29 bits per heavy atom. The van der Waals surface area contributed by atoms with Crippen molar-refractivity contribution in [1.29, 1.82) is 5.26 Å². The van der Waals surface area contributed by atoms with Crippen molar-refractivity contribution in [2.75, 3.05) is 13.2 Å². The van der Waals surface area contributed by atoms with Gasteiger partial charge in [-0.2, -0.15) is 5.26 Å². The molecular weight excluding hydrogens is 270 g/mol. The van der Waals surface area contributed by atoms with Gasteiger partial charge in [-0.15, -0.1) is 0 Å². The van der Waals surface area contributed by atoms with Gasteiger partial charge in [0.15, 0.2) is 0 Å². The number of nitriles is 1. The van der Waals surface area contributed by atoms with Crippen LogP contribution in [0.5, 0.6) is 5.75 Å². The van der Waals surface area contributed by atoms with Gasteiger partial charge in [-0.25, -0.2) is 9.69 Å². The standard InChI is InChI=1S/C15H17N3O3/c1-3-15(11-5-7-12(8-6-11)21-4-2)13(19)18(10-9-16)14(20)17-15/h5-8H,3-4,10H2,1-2H3,(H,17,20). The zero-order chi connectivity index (χ0) is 15.5.